The molecule has 1 aliphatic carbocycles. The number of ketones is 1. The lowest BCUT2D eigenvalue weighted by Gasteiger charge is -2.37. The lowest BCUT2D eigenvalue weighted by molar-refractivity contribution is -0.157. The molecule has 0 saturated heterocycles. The molecule has 0 heterocycles. The fourth-order valence-corrected chi connectivity index (χ4v) is 3.56. The Morgan fingerprint density at radius 2 is 1.88 bits per heavy atom. The van der Waals surface area contributed by atoms with Crippen LogP contribution in [0, 0.1) is 23.7 Å². The molecule has 0 N–H and O–H groups in total. The number of ether oxygens (including phenoxy) is 1. The van der Waals surface area contributed by atoms with Gasteiger partial charge in [-0.05, 0) is 30.6 Å². The highest BCUT2D eigenvalue weighted by molar-refractivity contribution is 6.10. The number of carbonyl (C=O) groups excluding carboxylic acids is 2. The Labute approximate surface area is 145 Å². The lowest BCUT2D eigenvalue weighted by atomic mass is 9.75. The van der Waals surface area contributed by atoms with Crippen LogP contribution in [-0.4, -0.2) is 17.9 Å². The summed E-state index contributed by atoms with van der Waals surface area (Å²) in [5, 5.41) is 0. The third-order valence-electron chi connectivity index (χ3n) is 5.06. The van der Waals surface area contributed by atoms with E-state index >= 15 is 0 Å². The molecule has 0 bridgehead atoms. The Balaban J connectivity index is 2.10. The van der Waals surface area contributed by atoms with Crippen molar-refractivity contribution in [2.45, 2.75) is 46.1 Å². The van der Waals surface area contributed by atoms with Gasteiger partial charge in [0.05, 0.1) is 0 Å². The van der Waals surface area contributed by atoms with Crippen molar-refractivity contribution < 1.29 is 14.3 Å². The van der Waals surface area contributed by atoms with Crippen LogP contribution in [-0.2, 0) is 9.53 Å². The first kappa shape index (κ1) is 18.4. The van der Waals surface area contributed by atoms with Gasteiger partial charge in [0.25, 0.3) is 0 Å². The van der Waals surface area contributed by atoms with Crippen molar-refractivity contribution in [3.63, 3.8) is 0 Å². The average molecular weight is 328 g/mol. The van der Waals surface area contributed by atoms with Crippen LogP contribution in [0.2, 0.25) is 0 Å². The van der Waals surface area contributed by atoms with Crippen LogP contribution in [0.4, 0.5) is 0 Å². The highest BCUT2D eigenvalue weighted by atomic mass is 16.5. The molecule has 0 aromatic heterocycles. The molecule has 1 aliphatic rings. The first-order valence-corrected chi connectivity index (χ1v) is 8.86. The second kappa shape index (κ2) is 8.27. The van der Waals surface area contributed by atoms with Crippen LogP contribution in [0.5, 0.6) is 0 Å². The Kier molecular flexibility index (Phi) is 6.36. The Morgan fingerprint density at radius 3 is 2.46 bits per heavy atom. The van der Waals surface area contributed by atoms with Gasteiger partial charge < -0.3 is 4.74 Å². The van der Waals surface area contributed by atoms with E-state index in [1.165, 1.54) is 12.5 Å². The third-order valence-corrected chi connectivity index (χ3v) is 5.06. The Bertz CT molecular complexity index is 576. The first-order chi connectivity index (χ1) is 11.4. The van der Waals surface area contributed by atoms with Crippen LogP contribution in [0.3, 0.4) is 0 Å². The molecule has 1 fully saturated rings. The predicted molar refractivity (Wildman–Crippen MR) is 95.7 cm³/mol. The largest absolute Gasteiger partial charge is 0.461 e. The summed E-state index contributed by atoms with van der Waals surface area (Å²) in [7, 11) is 0. The summed E-state index contributed by atoms with van der Waals surface area (Å²) >= 11 is 0. The molecule has 24 heavy (non-hydrogen) atoms. The van der Waals surface area contributed by atoms with E-state index in [-0.39, 0.29) is 11.9 Å². The molecule has 4 atom stereocenters. The fourth-order valence-electron chi connectivity index (χ4n) is 3.56. The number of rotatable bonds is 6. The number of esters is 1. The van der Waals surface area contributed by atoms with Crippen LogP contribution >= 0.6 is 0 Å². The number of carbonyl (C=O) groups is 2. The molecule has 0 amide bonds. The zero-order chi connectivity index (χ0) is 17.7. The minimum absolute atomic E-state index is 0.104. The Hall–Kier alpha value is -1.90. The second-order valence-corrected chi connectivity index (χ2v) is 7.25. The maximum absolute atomic E-state index is 12.6. The van der Waals surface area contributed by atoms with Gasteiger partial charge in [0, 0.05) is 5.56 Å². The van der Waals surface area contributed by atoms with Crippen molar-refractivity contribution in [3.8, 4) is 0 Å². The molecule has 0 radical (unpaired) electrons. The van der Waals surface area contributed by atoms with Gasteiger partial charge in [0.2, 0.25) is 0 Å². The van der Waals surface area contributed by atoms with Crippen LogP contribution in [0.15, 0.2) is 43.0 Å². The summed E-state index contributed by atoms with van der Waals surface area (Å²) in [5.41, 5.74) is 0.511. The van der Waals surface area contributed by atoms with E-state index in [2.05, 4.69) is 27.4 Å². The number of Topliss-reactive ketones (excluding diaryl/α,β-unsaturated/α-hetero) is 1. The van der Waals surface area contributed by atoms with Crippen LogP contribution < -0.4 is 0 Å². The van der Waals surface area contributed by atoms with E-state index in [1.54, 1.807) is 24.3 Å². The van der Waals surface area contributed by atoms with E-state index in [4.69, 9.17) is 4.74 Å². The van der Waals surface area contributed by atoms with Crippen molar-refractivity contribution in [2.24, 2.45) is 23.7 Å². The van der Waals surface area contributed by atoms with E-state index in [9.17, 15) is 9.59 Å². The number of hydrogen-bond donors (Lipinski definition) is 0. The number of hydrogen-bond acceptors (Lipinski definition) is 3. The smallest absolute Gasteiger partial charge is 0.321 e. The zero-order valence-electron chi connectivity index (χ0n) is 14.9. The lowest BCUT2D eigenvalue weighted by Crippen LogP contribution is -2.38. The molecular formula is C21H28O3. The maximum Gasteiger partial charge on any atom is 0.321 e. The van der Waals surface area contributed by atoms with Gasteiger partial charge in [-0.25, -0.2) is 0 Å². The highest BCUT2D eigenvalue weighted by Gasteiger charge is 2.36. The Morgan fingerprint density at radius 1 is 1.21 bits per heavy atom. The monoisotopic (exact) mass is 328 g/mol. The molecule has 0 aliphatic heterocycles. The summed E-state index contributed by atoms with van der Waals surface area (Å²) in [6, 6.07) is 8.85. The minimum atomic E-state index is -0.933. The molecule has 0 unspecified atom stereocenters. The predicted octanol–water partition coefficient (Wildman–Crippen LogP) is 4.68. The standard InChI is InChI=1S/C21H28O3/c1-5-17(20(22)16-9-7-6-8-10-16)21(23)24-19-13-15(4)11-12-18(19)14(2)3/h5-10,14-15,17-19H,1,11-13H2,2-4H3/t15-,17+,18-,19-/m1/s1. The van der Waals surface area contributed by atoms with Gasteiger partial charge >= 0.3 is 5.97 Å². The highest BCUT2D eigenvalue weighted by Crippen LogP contribution is 2.35. The molecule has 1 aromatic rings. The van der Waals surface area contributed by atoms with Crippen molar-refractivity contribution >= 4 is 11.8 Å². The van der Waals surface area contributed by atoms with E-state index < -0.39 is 11.9 Å². The SMILES string of the molecule is C=C[C@H](C(=O)O[C@@H]1C[C@H](C)CC[C@@H]1C(C)C)C(=O)c1ccccc1. The van der Waals surface area contributed by atoms with Crippen molar-refractivity contribution in [3.05, 3.63) is 48.6 Å². The molecule has 0 spiro atoms. The van der Waals surface area contributed by atoms with Gasteiger partial charge in [0.15, 0.2) is 5.78 Å². The molecule has 2 rings (SSSR count). The maximum atomic E-state index is 12.6. The molecular weight excluding hydrogens is 300 g/mol. The van der Waals surface area contributed by atoms with E-state index in [0.29, 0.717) is 23.3 Å². The van der Waals surface area contributed by atoms with Gasteiger partial charge in [-0.15, -0.1) is 6.58 Å². The zero-order valence-corrected chi connectivity index (χ0v) is 14.9. The molecule has 1 aromatic carbocycles. The van der Waals surface area contributed by atoms with Crippen LogP contribution in [0.25, 0.3) is 0 Å². The summed E-state index contributed by atoms with van der Waals surface area (Å²) in [4.78, 5) is 25.2. The topological polar surface area (TPSA) is 43.4 Å². The second-order valence-electron chi connectivity index (χ2n) is 7.25. The van der Waals surface area contributed by atoms with E-state index in [1.807, 2.05) is 6.07 Å². The first-order valence-electron chi connectivity index (χ1n) is 8.86. The van der Waals surface area contributed by atoms with Crippen LogP contribution in [0.1, 0.15) is 50.4 Å². The number of benzene rings is 1. The summed E-state index contributed by atoms with van der Waals surface area (Å²) < 4.78 is 5.80. The average Bonchev–Trinajstić information content (AvgIpc) is 2.56. The quantitative estimate of drug-likeness (QED) is 0.330. The van der Waals surface area contributed by atoms with Gasteiger partial charge in [-0.3, -0.25) is 9.59 Å². The molecule has 3 nitrogen and oxygen atoms in total. The van der Waals surface area contributed by atoms with Gasteiger partial charge in [-0.2, -0.15) is 0 Å². The summed E-state index contributed by atoms with van der Waals surface area (Å²) in [5.74, 6) is -0.281. The van der Waals surface area contributed by atoms with Crippen molar-refractivity contribution in [2.75, 3.05) is 0 Å². The fraction of sp³-hybridized carbons (Fsp3) is 0.524. The van der Waals surface area contributed by atoms with E-state index in [0.717, 1.165) is 12.8 Å². The normalized spacial score (nSPS) is 25.1. The van der Waals surface area contributed by atoms with Crippen molar-refractivity contribution in [1.82, 2.24) is 0 Å². The van der Waals surface area contributed by atoms with Gasteiger partial charge in [-0.1, -0.05) is 63.6 Å². The molecule has 1 saturated carbocycles. The molecule has 130 valence electrons. The minimum Gasteiger partial charge on any atom is -0.461 e. The summed E-state index contributed by atoms with van der Waals surface area (Å²) in [6.45, 7) is 10.2. The summed E-state index contributed by atoms with van der Waals surface area (Å²) in [6.07, 6.45) is 4.41. The van der Waals surface area contributed by atoms with Crippen molar-refractivity contribution in [1.29, 1.82) is 0 Å². The van der Waals surface area contributed by atoms with Gasteiger partial charge in [0.1, 0.15) is 12.0 Å². The molecule has 3 heteroatoms. The third kappa shape index (κ3) is 4.34.